The molecule has 1 aromatic rings. The van der Waals surface area contributed by atoms with E-state index in [1.54, 1.807) is 0 Å². The van der Waals surface area contributed by atoms with Crippen molar-refractivity contribution in [3.8, 4) is 0 Å². The maximum Gasteiger partial charge on any atom is 0.0580 e. The highest BCUT2D eigenvalue weighted by Gasteiger charge is 2.01. The van der Waals surface area contributed by atoms with Gasteiger partial charge in [0.1, 0.15) is 0 Å². The first-order valence-corrected chi connectivity index (χ1v) is 4.99. The van der Waals surface area contributed by atoms with E-state index in [1.807, 2.05) is 18.2 Å². The first kappa shape index (κ1) is 10.9. The predicted octanol–water partition coefficient (Wildman–Crippen LogP) is 1.56. The Balaban J connectivity index is 2.46. The fourth-order valence-electron chi connectivity index (χ4n) is 1.45. The Morgan fingerprint density at radius 2 is 1.86 bits per heavy atom. The van der Waals surface area contributed by atoms with Crippen LogP contribution < -0.4 is 11.5 Å². The number of nitrogen functional groups attached to an aromatic ring is 2. The molecule has 0 saturated carbocycles. The molecule has 0 amide bonds. The second kappa shape index (κ2) is 5.50. The lowest BCUT2D eigenvalue weighted by atomic mass is 10.0. The zero-order valence-electron chi connectivity index (χ0n) is 8.37. The molecular formula is C11H18N2O. The number of hydrogen-bond acceptors (Lipinski definition) is 3. The van der Waals surface area contributed by atoms with Gasteiger partial charge in [-0.25, -0.2) is 0 Å². The third-order valence-corrected chi connectivity index (χ3v) is 2.33. The normalized spacial score (nSPS) is 10.4. The molecule has 0 aliphatic carbocycles. The molecule has 1 aromatic carbocycles. The Labute approximate surface area is 84.7 Å². The van der Waals surface area contributed by atoms with Crippen molar-refractivity contribution in [3.05, 3.63) is 23.8 Å². The zero-order chi connectivity index (χ0) is 10.4. The van der Waals surface area contributed by atoms with E-state index in [1.165, 1.54) is 0 Å². The van der Waals surface area contributed by atoms with Crippen molar-refractivity contribution < 1.29 is 5.11 Å². The Kier molecular flexibility index (Phi) is 4.26. The molecule has 0 heterocycles. The van der Waals surface area contributed by atoms with Gasteiger partial charge < -0.3 is 16.6 Å². The van der Waals surface area contributed by atoms with Crippen molar-refractivity contribution in [1.82, 2.24) is 0 Å². The van der Waals surface area contributed by atoms with Crippen LogP contribution in [0.15, 0.2) is 18.2 Å². The molecule has 0 fully saturated rings. The fourth-order valence-corrected chi connectivity index (χ4v) is 1.45. The highest BCUT2D eigenvalue weighted by Crippen LogP contribution is 2.21. The fraction of sp³-hybridized carbons (Fsp3) is 0.455. The number of nitrogens with two attached hydrogens (primary N) is 2. The molecule has 0 saturated heterocycles. The van der Waals surface area contributed by atoms with E-state index in [-0.39, 0.29) is 6.61 Å². The molecule has 0 atom stereocenters. The van der Waals surface area contributed by atoms with Crippen LogP contribution in [0.1, 0.15) is 24.8 Å². The van der Waals surface area contributed by atoms with Crippen LogP contribution in [-0.2, 0) is 6.42 Å². The summed E-state index contributed by atoms with van der Waals surface area (Å²) in [4.78, 5) is 0. The Hall–Kier alpha value is -1.22. The first-order chi connectivity index (χ1) is 6.75. The van der Waals surface area contributed by atoms with Crippen LogP contribution in [0.25, 0.3) is 0 Å². The largest absolute Gasteiger partial charge is 0.397 e. The van der Waals surface area contributed by atoms with Gasteiger partial charge in [-0.15, -0.1) is 0 Å². The second-order valence-corrected chi connectivity index (χ2v) is 3.45. The summed E-state index contributed by atoms with van der Waals surface area (Å²) in [5.74, 6) is 0. The molecule has 5 N–H and O–H groups in total. The minimum atomic E-state index is 0.270. The number of rotatable bonds is 5. The Morgan fingerprint density at radius 3 is 2.57 bits per heavy atom. The van der Waals surface area contributed by atoms with E-state index < -0.39 is 0 Å². The number of benzene rings is 1. The van der Waals surface area contributed by atoms with Gasteiger partial charge in [0, 0.05) is 6.61 Å². The van der Waals surface area contributed by atoms with Gasteiger partial charge in [-0.2, -0.15) is 0 Å². The van der Waals surface area contributed by atoms with Gasteiger partial charge in [0.2, 0.25) is 0 Å². The van der Waals surface area contributed by atoms with Crippen LogP contribution in [0.3, 0.4) is 0 Å². The van der Waals surface area contributed by atoms with Crippen LogP contribution in [0.4, 0.5) is 11.4 Å². The molecular weight excluding hydrogens is 176 g/mol. The van der Waals surface area contributed by atoms with Gasteiger partial charge in [-0.1, -0.05) is 18.6 Å². The molecule has 14 heavy (non-hydrogen) atoms. The summed E-state index contributed by atoms with van der Waals surface area (Å²) in [6, 6.07) is 5.74. The SMILES string of the molecule is Nc1cccc(CCCCCO)c1N. The quantitative estimate of drug-likeness (QED) is 0.492. The summed E-state index contributed by atoms with van der Waals surface area (Å²) >= 11 is 0. The van der Waals surface area contributed by atoms with Crippen molar-refractivity contribution in [2.24, 2.45) is 0 Å². The summed E-state index contributed by atoms with van der Waals surface area (Å²) in [5.41, 5.74) is 14.0. The number of aryl methyl sites for hydroxylation is 1. The Morgan fingerprint density at radius 1 is 1.07 bits per heavy atom. The molecule has 1 rings (SSSR count). The molecule has 0 bridgehead atoms. The van der Waals surface area contributed by atoms with E-state index in [0.717, 1.165) is 31.2 Å². The smallest absolute Gasteiger partial charge is 0.0580 e. The molecule has 0 aliphatic rings. The number of aliphatic hydroxyl groups is 1. The van der Waals surface area contributed by atoms with Crippen molar-refractivity contribution >= 4 is 11.4 Å². The third-order valence-electron chi connectivity index (χ3n) is 2.33. The lowest BCUT2D eigenvalue weighted by Crippen LogP contribution is -1.99. The van der Waals surface area contributed by atoms with E-state index >= 15 is 0 Å². The van der Waals surface area contributed by atoms with E-state index in [2.05, 4.69) is 0 Å². The van der Waals surface area contributed by atoms with Crippen molar-refractivity contribution in [3.63, 3.8) is 0 Å². The molecule has 0 aromatic heterocycles. The van der Waals surface area contributed by atoms with Gasteiger partial charge in [0.15, 0.2) is 0 Å². The number of hydrogen-bond donors (Lipinski definition) is 3. The van der Waals surface area contributed by atoms with E-state index in [0.29, 0.717) is 11.4 Å². The van der Waals surface area contributed by atoms with Crippen molar-refractivity contribution in [1.29, 1.82) is 0 Å². The summed E-state index contributed by atoms with van der Waals surface area (Å²) < 4.78 is 0. The van der Waals surface area contributed by atoms with Gasteiger partial charge >= 0.3 is 0 Å². The third kappa shape index (κ3) is 2.92. The van der Waals surface area contributed by atoms with Crippen molar-refractivity contribution in [2.75, 3.05) is 18.1 Å². The van der Waals surface area contributed by atoms with Crippen molar-refractivity contribution in [2.45, 2.75) is 25.7 Å². The van der Waals surface area contributed by atoms with E-state index in [9.17, 15) is 0 Å². The average molecular weight is 194 g/mol. The summed E-state index contributed by atoms with van der Waals surface area (Å²) in [5, 5.41) is 8.62. The number of anilines is 2. The molecule has 0 radical (unpaired) electrons. The predicted molar refractivity (Wildman–Crippen MR) is 59.9 cm³/mol. The minimum absolute atomic E-state index is 0.270. The Bertz CT molecular complexity index is 287. The van der Waals surface area contributed by atoms with E-state index in [4.69, 9.17) is 16.6 Å². The van der Waals surface area contributed by atoms with Crippen LogP contribution in [0.2, 0.25) is 0 Å². The second-order valence-electron chi connectivity index (χ2n) is 3.45. The average Bonchev–Trinajstić information content (AvgIpc) is 2.19. The van der Waals surface area contributed by atoms with Gasteiger partial charge in [-0.3, -0.25) is 0 Å². The van der Waals surface area contributed by atoms with Gasteiger partial charge in [-0.05, 0) is 30.9 Å². The maximum absolute atomic E-state index is 8.62. The summed E-state index contributed by atoms with van der Waals surface area (Å²) in [6.07, 6.45) is 3.89. The highest BCUT2D eigenvalue weighted by molar-refractivity contribution is 5.67. The topological polar surface area (TPSA) is 72.3 Å². The number of unbranched alkanes of at least 4 members (excludes halogenated alkanes) is 2. The van der Waals surface area contributed by atoms with Crippen LogP contribution >= 0.6 is 0 Å². The van der Waals surface area contributed by atoms with Gasteiger partial charge in [0.25, 0.3) is 0 Å². The van der Waals surface area contributed by atoms with Gasteiger partial charge in [0.05, 0.1) is 11.4 Å². The van der Waals surface area contributed by atoms with Crippen LogP contribution in [-0.4, -0.2) is 11.7 Å². The molecule has 0 aliphatic heterocycles. The summed E-state index contributed by atoms with van der Waals surface area (Å²) in [6.45, 7) is 0.270. The molecule has 3 nitrogen and oxygen atoms in total. The number of para-hydroxylation sites is 1. The molecule has 0 spiro atoms. The minimum Gasteiger partial charge on any atom is -0.397 e. The first-order valence-electron chi connectivity index (χ1n) is 4.99. The lowest BCUT2D eigenvalue weighted by Gasteiger charge is -2.07. The summed E-state index contributed by atoms with van der Waals surface area (Å²) in [7, 11) is 0. The standard InChI is InChI=1S/C11H18N2O/c12-10-7-4-6-9(11(10)13)5-2-1-3-8-14/h4,6-7,14H,1-3,5,8,12-13H2. The van der Waals surface area contributed by atoms with Crippen LogP contribution in [0, 0.1) is 0 Å². The number of aliphatic hydroxyl groups excluding tert-OH is 1. The monoisotopic (exact) mass is 194 g/mol. The maximum atomic E-state index is 8.62. The molecule has 3 heteroatoms. The molecule has 78 valence electrons. The lowest BCUT2D eigenvalue weighted by molar-refractivity contribution is 0.283. The highest BCUT2D eigenvalue weighted by atomic mass is 16.2. The molecule has 0 unspecified atom stereocenters. The zero-order valence-corrected chi connectivity index (χ0v) is 8.37. The van der Waals surface area contributed by atoms with Crippen LogP contribution in [0.5, 0.6) is 0 Å².